The third-order valence-corrected chi connectivity index (χ3v) is 5.29. The maximum Gasteiger partial charge on any atom is 0.384 e. The first-order valence-electron chi connectivity index (χ1n) is 9.60. The van der Waals surface area contributed by atoms with Gasteiger partial charge >= 0.3 is 8.25 Å². The summed E-state index contributed by atoms with van der Waals surface area (Å²) >= 11 is 0. The number of hydrogen-bond acceptors (Lipinski definition) is 6. The van der Waals surface area contributed by atoms with Crippen molar-refractivity contribution in [2.75, 3.05) is 20.7 Å². The lowest BCUT2D eigenvalue weighted by Crippen LogP contribution is -2.23. The van der Waals surface area contributed by atoms with E-state index in [2.05, 4.69) is 4.98 Å². The van der Waals surface area contributed by atoms with Crippen molar-refractivity contribution in [1.29, 1.82) is 0 Å². The zero-order chi connectivity index (χ0) is 23.2. The fourth-order valence-electron chi connectivity index (χ4n) is 3.59. The van der Waals surface area contributed by atoms with Crippen LogP contribution < -0.4 is 14.1 Å². The minimum atomic E-state index is -3.37. The Morgan fingerprint density at radius 2 is 2.06 bits per heavy atom. The highest BCUT2D eigenvalue weighted by Gasteiger charge is 2.29. The monoisotopic (exact) mass is 467 g/mol. The van der Waals surface area contributed by atoms with Gasteiger partial charge in [0, 0.05) is 38.2 Å². The summed E-state index contributed by atoms with van der Waals surface area (Å²) in [6.45, 7) is 1.72. The van der Waals surface area contributed by atoms with Crippen LogP contribution in [0.1, 0.15) is 34.3 Å². The Bertz CT molecular complexity index is 1250. The predicted octanol–water partition coefficient (Wildman–Crippen LogP) is 3.04. The van der Waals surface area contributed by atoms with Crippen LogP contribution in [-0.4, -0.2) is 46.1 Å². The minimum Gasteiger partial charge on any atom is -0.493 e. The third-order valence-electron chi connectivity index (χ3n) is 4.95. The second kappa shape index (κ2) is 8.40. The summed E-state index contributed by atoms with van der Waals surface area (Å²) in [6, 6.07) is 4.75. The number of hydrogen-bond donors (Lipinski definition) is 1. The number of aryl methyl sites for hydroxylation is 1. The number of fused-ring (bicyclic) bond motifs is 2. The number of ether oxygens (including phenoxy) is 2. The molecule has 0 saturated carbocycles. The van der Waals surface area contributed by atoms with E-state index < -0.39 is 26.0 Å². The molecule has 1 unspecified atom stereocenters. The van der Waals surface area contributed by atoms with Gasteiger partial charge in [0.05, 0.1) is 12.2 Å². The summed E-state index contributed by atoms with van der Waals surface area (Å²) < 4.78 is 57.0. The Balaban J connectivity index is 1.86. The van der Waals surface area contributed by atoms with Gasteiger partial charge < -0.3 is 23.9 Å². The lowest BCUT2D eigenvalue weighted by molar-refractivity contribution is 0.0826. The summed E-state index contributed by atoms with van der Waals surface area (Å²) in [7, 11) is -0.238. The molecule has 1 N–H and O–H groups in total. The summed E-state index contributed by atoms with van der Waals surface area (Å²) in [5, 5.41) is 0. The first kappa shape index (κ1) is 22.0. The highest BCUT2D eigenvalue weighted by atomic mass is 31.1. The van der Waals surface area contributed by atoms with Gasteiger partial charge in [-0.25, -0.2) is 18.3 Å². The molecule has 2 atom stereocenters. The molecule has 0 spiro atoms. The molecule has 1 aliphatic rings. The SMILES string of the molecule is Cc1nc2c(O[C@H]3CCOc4cc(F)cc(F)c43)cc(C(=O)N(C)C)cc2n1O[PH](=O)O. The molecule has 2 heterocycles. The van der Waals surface area contributed by atoms with Crippen LogP contribution in [0.15, 0.2) is 24.3 Å². The van der Waals surface area contributed by atoms with E-state index in [0.29, 0.717) is 0 Å². The molecule has 0 saturated heterocycles. The van der Waals surface area contributed by atoms with Gasteiger partial charge in [0.15, 0.2) is 0 Å². The van der Waals surface area contributed by atoms with E-state index in [-0.39, 0.29) is 58.4 Å². The van der Waals surface area contributed by atoms with Crippen molar-refractivity contribution in [2.24, 2.45) is 0 Å². The Morgan fingerprint density at radius 1 is 1.31 bits per heavy atom. The average Bonchev–Trinajstić information content (AvgIpc) is 3.02. The summed E-state index contributed by atoms with van der Waals surface area (Å²) in [4.78, 5) is 27.6. The fourth-order valence-corrected chi connectivity index (χ4v) is 3.98. The fraction of sp³-hybridized carbons (Fsp3) is 0.300. The maximum atomic E-state index is 14.6. The van der Waals surface area contributed by atoms with Crippen LogP contribution >= 0.6 is 8.25 Å². The van der Waals surface area contributed by atoms with Crippen molar-refractivity contribution < 1.29 is 37.1 Å². The van der Waals surface area contributed by atoms with E-state index in [1.807, 2.05) is 0 Å². The van der Waals surface area contributed by atoms with Crippen molar-refractivity contribution in [1.82, 2.24) is 14.6 Å². The zero-order valence-corrected chi connectivity index (χ0v) is 18.4. The summed E-state index contributed by atoms with van der Waals surface area (Å²) in [5.41, 5.74) is 0.732. The lowest BCUT2D eigenvalue weighted by Gasteiger charge is -2.27. The molecule has 1 aromatic heterocycles. The Kier molecular flexibility index (Phi) is 5.79. The Hall–Kier alpha value is -3.17. The standard InChI is InChI=1S/C20H20F2N3O6P/c1-10-23-19-14(25(10)31-32(27)28)6-11(20(26)24(2)3)7-17(19)30-15-4-5-29-16-9-12(21)8-13(22)18(15)16/h6-9,15,32H,4-5H2,1-3H3,(H,27,28)/t15-/m0/s1. The number of carbonyl (C=O) groups is 1. The van der Waals surface area contributed by atoms with Crippen molar-refractivity contribution in [3.8, 4) is 11.5 Å². The number of aromatic nitrogens is 2. The normalized spacial score (nSPS) is 16.2. The second-order valence-electron chi connectivity index (χ2n) is 7.40. The number of nitrogens with zero attached hydrogens (tertiary/aromatic N) is 3. The molecule has 4 rings (SSSR count). The number of carbonyl (C=O) groups excluding carboxylic acids is 1. The highest BCUT2D eigenvalue weighted by Crippen LogP contribution is 2.40. The lowest BCUT2D eigenvalue weighted by atomic mass is 10.0. The molecule has 12 heteroatoms. The van der Waals surface area contributed by atoms with Gasteiger partial charge in [-0.15, -0.1) is 0 Å². The van der Waals surface area contributed by atoms with Crippen LogP contribution in [0.5, 0.6) is 11.5 Å². The summed E-state index contributed by atoms with van der Waals surface area (Å²) in [6.07, 6.45) is -0.570. The highest BCUT2D eigenvalue weighted by molar-refractivity contribution is 7.32. The van der Waals surface area contributed by atoms with Crippen molar-refractivity contribution in [3.05, 3.63) is 52.9 Å². The first-order valence-corrected chi connectivity index (χ1v) is 10.9. The molecular weight excluding hydrogens is 447 g/mol. The van der Waals surface area contributed by atoms with Gasteiger partial charge in [0.1, 0.15) is 46.1 Å². The molecule has 0 radical (unpaired) electrons. The van der Waals surface area contributed by atoms with Crippen LogP contribution in [0.3, 0.4) is 0 Å². The number of rotatable bonds is 5. The Labute approximate surface area is 182 Å². The van der Waals surface area contributed by atoms with E-state index in [9.17, 15) is 23.0 Å². The van der Waals surface area contributed by atoms with Crippen LogP contribution in [0.2, 0.25) is 0 Å². The van der Waals surface area contributed by atoms with Gasteiger partial charge in [0.25, 0.3) is 5.91 Å². The van der Waals surface area contributed by atoms with Gasteiger partial charge in [-0.2, -0.15) is 4.73 Å². The molecule has 9 nitrogen and oxygen atoms in total. The predicted molar refractivity (Wildman–Crippen MR) is 110 cm³/mol. The molecule has 1 aliphatic heterocycles. The van der Waals surface area contributed by atoms with Gasteiger partial charge in [-0.3, -0.25) is 4.79 Å². The molecular formula is C20H20F2N3O6P. The van der Waals surface area contributed by atoms with Gasteiger partial charge in [0.2, 0.25) is 0 Å². The number of imidazole rings is 1. The van der Waals surface area contributed by atoms with Crippen molar-refractivity contribution in [2.45, 2.75) is 19.4 Å². The molecule has 32 heavy (non-hydrogen) atoms. The molecule has 0 bridgehead atoms. The smallest absolute Gasteiger partial charge is 0.384 e. The van der Waals surface area contributed by atoms with E-state index in [1.54, 1.807) is 21.0 Å². The first-order chi connectivity index (χ1) is 15.2. The van der Waals surface area contributed by atoms with E-state index >= 15 is 0 Å². The van der Waals surface area contributed by atoms with Crippen LogP contribution in [0.4, 0.5) is 8.78 Å². The van der Waals surface area contributed by atoms with Gasteiger partial charge in [-0.1, -0.05) is 0 Å². The zero-order valence-electron chi connectivity index (χ0n) is 17.4. The van der Waals surface area contributed by atoms with Crippen LogP contribution in [0.25, 0.3) is 11.0 Å². The van der Waals surface area contributed by atoms with Gasteiger partial charge in [-0.05, 0) is 19.1 Å². The number of halogens is 2. The van der Waals surface area contributed by atoms with Crippen molar-refractivity contribution in [3.63, 3.8) is 0 Å². The second-order valence-corrected chi connectivity index (χ2v) is 8.11. The maximum absolute atomic E-state index is 14.6. The van der Waals surface area contributed by atoms with E-state index in [0.717, 1.165) is 16.9 Å². The van der Waals surface area contributed by atoms with Crippen LogP contribution in [0, 0.1) is 18.6 Å². The number of amides is 1. The topological polar surface area (TPSA) is 103 Å². The van der Waals surface area contributed by atoms with Crippen LogP contribution in [-0.2, 0) is 4.57 Å². The van der Waals surface area contributed by atoms with Crippen molar-refractivity contribution >= 4 is 25.2 Å². The third kappa shape index (κ3) is 4.01. The largest absolute Gasteiger partial charge is 0.493 e. The van der Waals surface area contributed by atoms with E-state index in [4.69, 9.17) is 14.1 Å². The quantitative estimate of drug-likeness (QED) is 0.576. The molecule has 1 amide bonds. The minimum absolute atomic E-state index is 0.0411. The van der Waals surface area contributed by atoms with E-state index in [1.165, 1.54) is 17.0 Å². The molecule has 2 aromatic carbocycles. The molecule has 0 fully saturated rings. The molecule has 0 aliphatic carbocycles. The summed E-state index contributed by atoms with van der Waals surface area (Å²) in [5.74, 6) is -1.53. The molecule has 170 valence electrons. The molecule has 3 aromatic rings. The average molecular weight is 467 g/mol. The Morgan fingerprint density at radius 3 is 2.75 bits per heavy atom. The number of benzene rings is 2.